The number of sulfonamides is 1. The molecule has 9 heteroatoms. The number of benzene rings is 1. The van der Waals surface area contributed by atoms with Gasteiger partial charge in [0.2, 0.25) is 10.0 Å². The van der Waals surface area contributed by atoms with Crippen molar-refractivity contribution in [2.24, 2.45) is 5.14 Å². The van der Waals surface area contributed by atoms with E-state index >= 15 is 0 Å². The number of carbonyl (C=O) groups excluding carboxylic acids is 1. The largest absolute Gasteiger partial charge is 0.352 e. The number of amides is 1. The number of carbonyl (C=O) groups is 1. The highest BCUT2D eigenvalue weighted by atomic mass is 32.2. The van der Waals surface area contributed by atoms with Crippen LogP contribution in [-0.2, 0) is 10.0 Å². The van der Waals surface area contributed by atoms with E-state index in [0.29, 0.717) is 6.54 Å². The number of hydrogen-bond acceptors (Lipinski definition) is 5. The molecule has 0 aromatic heterocycles. The van der Waals surface area contributed by atoms with Crippen molar-refractivity contribution >= 4 is 21.6 Å². The van der Waals surface area contributed by atoms with Crippen LogP contribution in [0, 0.1) is 10.1 Å². The molecule has 0 aliphatic carbocycles. The van der Waals surface area contributed by atoms with E-state index in [1.54, 1.807) is 0 Å². The Hall–Kier alpha value is -2.00. The van der Waals surface area contributed by atoms with Gasteiger partial charge in [0, 0.05) is 24.2 Å². The van der Waals surface area contributed by atoms with Gasteiger partial charge in [0.25, 0.3) is 11.6 Å². The van der Waals surface area contributed by atoms with Gasteiger partial charge in [-0.3, -0.25) is 14.9 Å². The Morgan fingerprint density at radius 3 is 2.52 bits per heavy atom. The molecule has 0 unspecified atom stereocenters. The Morgan fingerprint density at radius 1 is 1.33 bits per heavy atom. The number of nitrogens with one attached hydrogen (secondary N) is 1. The van der Waals surface area contributed by atoms with Crippen molar-refractivity contribution in [1.29, 1.82) is 0 Å². The van der Waals surface area contributed by atoms with Gasteiger partial charge in [0.05, 0.1) is 9.82 Å². The van der Waals surface area contributed by atoms with Gasteiger partial charge in [-0.25, -0.2) is 13.6 Å². The molecule has 1 aromatic rings. The van der Waals surface area contributed by atoms with Gasteiger partial charge in [0.15, 0.2) is 0 Å². The van der Waals surface area contributed by atoms with E-state index in [1.165, 1.54) is 0 Å². The number of primary sulfonamides is 1. The summed E-state index contributed by atoms with van der Waals surface area (Å²) in [6.45, 7) is 2.43. The highest BCUT2D eigenvalue weighted by Gasteiger charge is 2.19. The molecule has 116 valence electrons. The fraction of sp³-hybridized carbons (Fsp3) is 0.417. The van der Waals surface area contributed by atoms with E-state index in [2.05, 4.69) is 5.32 Å². The van der Waals surface area contributed by atoms with Crippen LogP contribution in [0.15, 0.2) is 23.1 Å². The average molecular weight is 315 g/mol. The SMILES string of the molecule is CCCCCNC(=O)c1cc([N+](=O)[O-])cc(S(N)(=O)=O)c1. The number of nitro benzene ring substituents is 1. The Bertz CT molecular complexity index is 642. The molecule has 1 rings (SSSR count). The van der Waals surface area contributed by atoms with Crippen molar-refractivity contribution in [2.75, 3.05) is 6.54 Å². The molecule has 0 heterocycles. The number of nitrogens with zero attached hydrogens (tertiary/aromatic N) is 1. The van der Waals surface area contributed by atoms with E-state index in [4.69, 9.17) is 5.14 Å². The highest BCUT2D eigenvalue weighted by molar-refractivity contribution is 7.89. The fourth-order valence-corrected chi connectivity index (χ4v) is 2.24. The number of non-ortho nitro benzene ring substituents is 1. The number of rotatable bonds is 7. The number of nitrogens with two attached hydrogens (primary N) is 1. The maximum Gasteiger partial charge on any atom is 0.271 e. The maximum absolute atomic E-state index is 11.9. The monoisotopic (exact) mass is 315 g/mol. The molecule has 0 fully saturated rings. The molecule has 0 atom stereocenters. The van der Waals surface area contributed by atoms with E-state index in [1.807, 2.05) is 6.92 Å². The maximum atomic E-state index is 11.9. The van der Waals surface area contributed by atoms with Crippen LogP contribution >= 0.6 is 0 Å². The third kappa shape index (κ3) is 5.12. The Kier molecular flexibility index (Phi) is 5.79. The number of hydrogen-bond donors (Lipinski definition) is 2. The molecule has 3 N–H and O–H groups in total. The zero-order chi connectivity index (χ0) is 16.0. The average Bonchev–Trinajstić information content (AvgIpc) is 2.41. The molecule has 8 nitrogen and oxygen atoms in total. The van der Waals surface area contributed by atoms with Gasteiger partial charge < -0.3 is 5.32 Å². The molecule has 1 aromatic carbocycles. The molecule has 0 radical (unpaired) electrons. The quantitative estimate of drug-likeness (QED) is 0.442. The zero-order valence-electron chi connectivity index (χ0n) is 11.5. The molecule has 0 saturated heterocycles. The molecule has 0 spiro atoms. The number of unbranched alkanes of at least 4 members (excludes halogenated alkanes) is 2. The van der Waals surface area contributed by atoms with Crippen LogP contribution in [0.1, 0.15) is 36.5 Å². The molecular formula is C12H17N3O5S. The Balaban J connectivity index is 3.03. The predicted molar refractivity (Wildman–Crippen MR) is 76.3 cm³/mol. The topological polar surface area (TPSA) is 132 Å². The smallest absolute Gasteiger partial charge is 0.271 e. The normalized spacial score (nSPS) is 11.1. The van der Waals surface area contributed by atoms with E-state index in [-0.39, 0.29) is 5.56 Å². The Morgan fingerprint density at radius 2 is 2.00 bits per heavy atom. The van der Waals surface area contributed by atoms with Gasteiger partial charge in [-0.15, -0.1) is 0 Å². The minimum Gasteiger partial charge on any atom is -0.352 e. The van der Waals surface area contributed by atoms with E-state index in [9.17, 15) is 23.3 Å². The van der Waals surface area contributed by atoms with Crippen LogP contribution in [0.3, 0.4) is 0 Å². The second-order valence-electron chi connectivity index (χ2n) is 4.48. The van der Waals surface area contributed by atoms with E-state index < -0.39 is 31.4 Å². The summed E-state index contributed by atoms with van der Waals surface area (Å²) < 4.78 is 22.6. The van der Waals surface area contributed by atoms with Crippen LogP contribution in [0.5, 0.6) is 0 Å². The molecule has 1 amide bonds. The van der Waals surface area contributed by atoms with Crippen LogP contribution in [0.2, 0.25) is 0 Å². The lowest BCUT2D eigenvalue weighted by atomic mass is 10.2. The first-order valence-corrected chi connectivity index (χ1v) is 7.91. The zero-order valence-corrected chi connectivity index (χ0v) is 12.4. The summed E-state index contributed by atoms with van der Waals surface area (Å²) in [5, 5.41) is 18.3. The molecule has 0 aliphatic rings. The first kappa shape index (κ1) is 17.1. The second-order valence-corrected chi connectivity index (χ2v) is 6.04. The summed E-state index contributed by atoms with van der Waals surface area (Å²) in [6.07, 6.45) is 2.71. The van der Waals surface area contributed by atoms with Crippen LogP contribution in [0.25, 0.3) is 0 Å². The summed E-state index contributed by atoms with van der Waals surface area (Å²) >= 11 is 0. The summed E-state index contributed by atoms with van der Waals surface area (Å²) in [5.74, 6) is -0.570. The van der Waals surface area contributed by atoms with Crippen molar-refractivity contribution < 1.29 is 18.1 Å². The summed E-state index contributed by atoms with van der Waals surface area (Å²) in [5.41, 5.74) is -0.607. The minimum absolute atomic E-state index is 0.107. The molecule has 0 saturated carbocycles. The lowest BCUT2D eigenvalue weighted by Gasteiger charge is -2.06. The van der Waals surface area contributed by atoms with E-state index in [0.717, 1.165) is 37.5 Å². The van der Waals surface area contributed by atoms with Gasteiger partial charge in [-0.05, 0) is 12.5 Å². The van der Waals surface area contributed by atoms with Gasteiger partial charge in [-0.1, -0.05) is 19.8 Å². The van der Waals surface area contributed by atoms with Gasteiger partial charge in [-0.2, -0.15) is 0 Å². The first-order chi connectivity index (χ1) is 9.75. The van der Waals surface area contributed by atoms with Gasteiger partial charge in [0.1, 0.15) is 0 Å². The molecule has 0 bridgehead atoms. The molecule has 0 aliphatic heterocycles. The summed E-state index contributed by atoms with van der Waals surface area (Å²) in [7, 11) is -4.13. The first-order valence-electron chi connectivity index (χ1n) is 6.36. The molecular weight excluding hydrogens is 298 g/mol. The van der Waals surface area contributed by atoms with Crippen LogP contribution in [0.4, 0.5) is 5.69 Å². The number of nitro groups is 1. The third-order valence-electron chi connectivity index (χ3n) is 2.76. The Labute approximate surface area is 122 Å². The highest BCUT2D eigenvalue weighted by Crippen LogP contribution is 2.20. The van der Waals surface area contributed by atoms with Gasteiger partial charge >= 0.3 is 0 Å². The summed E-state index contributed by atoms with van der Waals surface area (Å²) in [4.78, 5) is 21.4. The van der Waals surface area contributed by atoms with Crippen molar-refractivity contribution in [2.45, 2.75) is 31.1 Å². The lowest BCUT2D eigenvalue weighted by molar-refractivity contribution is -0.385. The fourth-order valence-electron chi connectivity index (χ4n) is 1.66. The predicted octanol–water partition coefficient (Wildman–Crippen LogP) is 1.16. The second kappa shape index (κ2) is 7.14. The lowest BCUT2D eigenvalue weighted by Crippen LogP contribution is -2.25. The standard InChI is InChI=1S/C12H17N3O5S/c1-2-3-4-5-14-12(16)9-6-10(15(17)18)8-11(7-9)21(13,19)20/h6-8H,2-5H2,1H3,(H,14,16)(H2,13,19,20). The van der Waals surface area contributed by atoms with Crippen molar-refractivity contribution in [3.05, 3.63) is 33.9 Å². The van der Waals surface area contributed by atoms with Crippen LogP contribution < -0.4 is 10.5 Å². The van der Waals surface area contributed by atoms with Crippen molar-refractivity contribution in [3.8, 4) is 0 Å². The molecule has 21 heavy (non-hydrogen) atoms. The van der Waals surface area contributed by atoms with Crippen molar-refractivity contribution in [1.82, 2.24) is 5.32 Å². The third-order valence-corrected chi connectivity index (χ3v) is 3.65. The summed E-state index contributed by atoms with van der Waals surface area (Å²) in [6, 6.07) is 2.87. The van der Waals surface area contributed by atoms with Crippen LogP contribution in [-0.4, -0.2) is 25.8 Å². The minimum atomic E-state index is -4.13. The van der Waals surface area contributed by atoms with Crippen molar-refractivity contribution in [3.63, 3.8) is 0 Å².